The molecule has 4 heteroatoms. The summed E-state index contributed by atoms with van der Waals surface area (Å²) in [5.41, 5.74) is 7.67. The lowest BCUT2D eigenvalue weighted by Crippen LogP contribution is -2.07. The number of hydrogen-bond acceptors (Lipinski definition) is 4. The zero-order valence-corrected chi connectivity index (χ0v) is 11.7. The molecular weight excluding hydrogens is 250 g/mol. The van der Waals surface area contributed by atoms with E-state index in [1.54, 1.807) is 6.20 Å². The lowest BCUT2D eigenvalue weighted by molar-refractivity contribution is 0.318. The van der Waals surface area contributed by atoms with Crippen LogP contribution in [0.1, 0.15) is 44.3 Å². The molecule has 0 atom stereocenters. The van der Waals surface area contributed by atoms with Crippen LogP contribution < -0.4 is 5.73 Å². The van der Waals surface area contributed by atoms with Crippen molar-refractivity contribution >= 4 is 5.82 Å². The van der Waals surface area contributed by atoms with Crippen LogP contribution in [0.2, 0.25) is 0 Å². The van der Waals surface area contributed by atoms with Crippen molar-refractivity contribution in [1.29, 1.82) is 0 Å². The minimum Gasteiger partial charge on any atom is -0.380 e. The zero-order valence-electron chi connectivity index (χ0n) is 11.7. The molecule has 1 fully saturated rings. The molecule has 106 valence electrons. The summed E-state index contributed by atoms with van der Waals surface area (Å²) in [6, 6.07) is 5.81. The van der Waals surface area contributed by atoms with Crippen molar-refractivity contribution < 1.29 is 4.52 Å². The molecule has 1 aliphatic carbocycles. The van der Waals surface area contributed by atoms with Gasteiger partial charge in [-0.05, 0) is 24.5 Å². The van der Waals surface area contributed by atoms with E-state index in [4.69, 9.17) is 10.3 Å². The highest BCUT2D eigenvalue weighted by molar-refractivity contribution is 5.72. The van der Waals surface area contributed by atoms with Crippen LogP contribution in [-0.2, 0) is 6.42 Å². The first kappa shape index (κ1) is 13.2. The van der Waals surface area contributed by atoms with Crippen molar-refractivity contribution in [1.82, 2.24) is 10.1 Å². The third kappa shape index (κ3) is 2.84. The molecule has 0 bridgehead atoms. The Morgan fingerprint density at radius 3 is 2.80 bits per heavy atom. The Labute approximate surface area is 119 Å². The van der Waals surface area contributed by atoms with Crippen molar-refractivity contribution in [3.05, 3.63) is 30.2 Å². The average molecular weight is 271 g/mol. The lowest BCUT2D eigenvalue weighted by atomic mass is 9.85. The quantitative estimate of drug-likeness (QED) is 0.917. The van der Waals surface area contributed by atoms with Gasteiger partial charge in [-0.1, -0.05) is 43.3 Å². The summed E-state index contributed by atoms with van der Waals surface area (Å²) in [5.74, 6) is 2.15. The second kappa shape index (κ2) is 6.07. The van der Waals surface area contributed by atoms with Gasteiger partial charge in [-0.15, -0.1) is 0 Å². The smallest absolute Gasteiger partial charge is 0.176 e. The van der Waals surface area contributed by atoms with Gasteiger partial charge in [0.05, 0.1) is 11.3 Å². The second-order valence-electron chi connectivity index (χ2n) is 5.62. The van der Waals surface area contributed by atoms with Crippen LogP contribution in [0, 0.1) is 5.92 Å². The van der Waals surface area contributed by atoms with Gasteiger partial charge in [0.15, 0.2) is 5.82 Å². The van der Waals surface area contributed by atoms with Gasteiger partial charge in [0.1, 0.15) is 5.76 Å². The SMILES string of the molecule is Nc1noc(CCC2CCCCC2)c1-c1ccccn1. The molecule has 2 heterocycles. The highest BCUT2D eigenvalue weighted by atomic mass is 16.5. The molecule has 1 aliphatic rings. The van der Waals surface area contributed by atoms with Crippen LogP contribution in [0.3, 0.4) is 0 Å². The Kier molecular flexibility index (Phi) is 4.00. The number of aromatic nitrogens is 2. The number of nitrogens with two attached hydrogens (primary N) is 1. The summed E-state index contributed by atoms with van der Waals surface area (Å²) >= 11 is 0. The molecule has 0 amide bonds. The number of anilines is 1. The molecule has 0 aliphatic heterocycles. The lowest BCUT2D eigenvalue weighted by Gasteiger charge is -2.20. The number of aryl methyl sites for hydroxylation is 1. The van der Waals surface area contributed by atoms with Crippen molar-refractivity contribution in [3.63, 3.8) is 0 Å². The maximum atomic E-state index is 5.94. The molecule has 4 nitrogen and oxygen atoms in total. The van der Waals surface area contributed by atoms with Gasteiger partial charge in [0.25, 0.3) is 0 Å². The summed E-state index contributed by atoms with van der Waals surface area (Å²) in [4.78, 5) is 4.36. The Morgan fingerprint density at radius 2 is 2.05 bits per heavy atom. The summed E-state index contributed by atoms with van der Waals surface area (Å²) in [5, 5.41) is 3.92. The van der Waals surface area contributed by atoms with Crippen molar-refractivity contribution in [2.24, 2.45) is 5.92 Å². The maximum Gasteiger partial charge on any atom is 0.176 e. The number of pyridine rings is 1. The third-order valence-corrected chi connectivity index (χ3v) is 4.21. The topological polar surface area (TPSA) is 64.9 Å². The average Bonchev–Trinajstić information content (AvgIpc) is 2.88. The molecular formula is C16H21N3O. The van der Waals surface area contributed by atoms with Crippen molar-refractivity contribution in [2.45, 2.75) is 44.9 Å². The highest BCUT2D eigenvalue weighted by Crippen LogP contribution is 2.32. The fourth-order valence-electron chi connectivity index (χ4n) is 3.10. The highest BCUT2D eigenvalue weighted by Gasteiger charge is 2.19. The second-order valence-corrected chi connectivity index (χ2v) is 5.62. The Morgan fingerprint density at radius 1 is 1.20 bits per heavy atom. The standard InChI is InChI=1S/C16H21N3O/c17-16-15(13-8-4-5-11-18-13)14(20-19-16)10-9-12-6-2-1-3-7-12/h4-5,8,11-12H,1-3,6-7,9-10H2,(H2,17,19). The minimum absolute atomic E-state index is 0.447. The normalized spacial score (nSPS) is 16.4. The fraction of sp³-hybridized carbons (Fsp3) is 0.500. The van der Waals surface area contributed by atoms with Crippen LogP contribution in [0.4, 0.5) is 5.82 Å². The van der Waals surface area contributed by atoms with E-state index in [9.17, 15) is 0 Å². The molecule has 20 heavy (non-hydrogen) atoms. The number of nitrogens with zero attached hydrogens (tertiary/aromatic N) is 2. The van der Waals surface area contributed by atoms with Gasteiger partial charge in [-0.2, -0.15) is 0 Å². The third-order valence-electron chi connectivity index (χ3n) is 4.21. The van der Waals surface area contributed by atoms with Gasteiger partial charge >= 0.3 is 0 Å². The first-order valence-electron chi connectivity index (χ1n) is 7.50. The zero-order chi connectivity index (χ0) is 13.8. The van der Waals surface area contributed by atoms with Crippen LogP contribution in [0.15, 0.2) is 28.9 Å². The van der Waals surface area contributed by atoms with E-state index < -0.39 is 0 Å². The molecule has 0 aromatic carbocycles. The largest absolute Gasteiger partial charge is 0.380 e. The van der Waals surface area contributed by atoms with Crippen LogP contribution in [-0.4, -0.2) is 10.1 Å². The predicted octanol–water partition coefficient (Wildman–Crippen LogP) is 3.83. The Hall–Kier alpha value is -1.84. The molecule has 2 aromatic heterocycles. The van der Waals surface area contributed by atoms with Gasteiger partial charge in [-0.3, -0.25) is 4.98 Å². The van der Waals surface area contributed by atoms with E-state index >= 15 is 0 Å². The maximum absolute atomic E-state index is 5.94. The van der Waals surface area contributed by atoms with E-state index in [-0.39, 0.29) is 0 Å². The van der Waals surface area contributed by atoms with Crippen LogP contribution >= 0.6 is 0 Å². The Bertz CT molecular complexity index is 544. The molecule has 2 aromatic rings. The first-order valence-corrected chi connectivity index (χ1v) is 7.50. The molecule has 0 spiro atoms. The number of nitrogen functional groups attached to an aromatic ring is 1. The molecule has 3 rings (SSSR count). The van der Waals surface area contributed by atoms with Gasteiger partial charge in [-0.25, -0.2) is 0 Å². The van der Waals surface area contributed by atoms with Gasteiger partial charge in [0.2, 0.25) is 0 Å². The monoisotopic (exact) mass is 271 g/mol. The van der Waals surface area contributed by atoms with Crippen molar-refractivity contribution in [3.8, 4) is 11.3 Å². The van der Waals surface area contributed by atoms with Crippen LogP contribution in [0.5, 0.6) is 0 Å². The van der Waals surface area contributed by atoms with E-state index in [1.807, 2.05) is 18.2 Å². The Balaban J connectivity index is 1.74. The van der Waals surface area contributed by atoms with E-state index in [0.717, 1.165) is 35.8 Å². The van der Waals surface area contributed by atoms with Gasteiger partial charge < -0.3 is 10.3 Å². The van der Waals surface area contributed by atoms with Crippen molar-refractivity contribution in [2.75, 3.05) is 5.73 Å². The predicted molar refractivity (Wildman–Crippen MR) is 79.0 cm³/mol. The molecule has 0 unspecified atom stereocenters. The number of rotatable bonds is 4. The fourth-order valence-corrected chi connectivity index (χ4v) is 3.10. The summed E-state index contributed by atoms with van der Waals surface area (Å²) in [6.07, 6.45) is 10.7. The summed E-state index contributed by atoms with van der Waals surface area (Å²) < 4.78 is 5.43. The molecule has 0 saturated heterocycles. The summed E-state index contributed by atoms with van der Waals surface area (Å²) in [7, 11) is 0. The minimum atomic E-state index is 0.447. The summed E-state index contributed by atoms with van der Waals surface area (Å²) in [6.45, 7) is 0. The number of hydrogen-bond donors (Lipinski definition) is 1. The molecule has 0 radical (unpaired) electrons. The molecule has 1 saturated carbocycles. The molecule has 2 N–H and O–H groups in total. The first-order chi connectivity index (χ1) is 9.84. The van der Waals surface area contributed by atoms with E-state index in [1.165, 1.54) is 32.1 Å². The van der Waals surface area contributed by atoms with E-state index in [0.29, 0.717) is 5.82 Å². The van der Waals surface area contributed by atoms with Crippen LogP contribution in [0.25, 0.3) is 11.3 Å². The van der Waals surface area contributed by atoms with Gasteiger partial charge in [0, 0.05) is 12.6 Å². The van der Waals surface area contributed by atoms with E-state index in [2.05, 4.69) is 10.1 Å².